The number of hydrogen-bond acceptors (Lipinski definition) is 12. The third-order valence-corrected chi connectivity index (χ3v) is 16.1. The smallest absolute Gasteiger partial charge is 0.318 e. The highest BCUT2D eigenvalue weighted by Crippen LogP contribution is 2.40. The molecular weight excluding hydrogens is 1130 g/mol. The number of carbonyl (C=O) groups excluding carboxylic acids is 6. The molecule has 0 spiro atoms. The first-order chi connectivity index (χ1) is 43.1. The third kappa shape index (κ3) is 15.4. The molecule has 4 aliphatic heterocycles. The Labute approximate surface area is 526 Å². The summed E-state index contributed by atoms with van der Waals surface area (Å²) in [5, 5.41) is 24.5. The molecule has 464 valence electrons. The van der Waals surface area contributed by atoms with Crippen LogP contribution in [0.4, 0.5) is 43.7 Å². The first-order valence-electron chi connectivity index (χ1n) is 29.6. The number of carbonyl (C=O) groups is 6. The van der Waals surface area contributed by atoms with Crippen molar-refractivity contribution < 1.29 is 28.8 Å². The van der Waals surface area contributed by atoms with E-state index in [1.54, 1.807) is 54.6 Å². The molecule has 0 aliphatic carbocycles. The van der Waals surface area contributed by atoms with Crippen LogP contribution in [-0.4, -0.2) is 145 Å². The van der Waals surface area contributed by atoms with Gasteiger partial charge in [0.1, 0.15) is 11.7 Å². The number of hydrogen-bond donors (Lipinski definition) is 8. The molecule has 0 unspecified atom stereocenters. The predicted octanol–water partition coefficient (Wildman–Crippen LogP) is 10.6. The van der Waals surface area contributed by atoms with E-state index in [4.69, 9.17) is 9.98 Å². The molecule has 0 bridgehead atoms. The third-order valence-electron chi connectivity index (χ3n) is 16.1. The van der Waals surface area contributed by atoms with E-state index in [0.29, 0.717) is 73.1 Å². The Kier molecular flexibility index (Phi) is 20.0. The van der Waals surface area contributed by atoms with Gasteiger partial charge in [0, 0.05) is 69.5 Å². The Hall–Kier alpha value is -10.4. The molecule has 0 saturated carbocycles. The molecule has 4 aliphatic rings. The van der Waals surface area contributed by atoms with Crippen LogP contribution < -0.4 is 42.5 Å². The van der Waals surface area contributed by atoms with Crippen molar-refractivity contribution in [2.75, 3.05) is 99.4 Å². The molecule has 2 atom stereocenters. The Bertz CT molecular complexity index is 3830. The van der Waals surface area contributed by atoms with Crippen molar-refractivity contribution in [1.82, 2.24) is 30.2 Å². The highest BCUT2D eigenvalue weighted by atomic mass is 16.2. The summed E-state index contributed by atoms with van der Waals surface area (Å²) in [5.41, 5.74) is 9.98. The Morgan fingerprint density at radius 3 is 1.29 bits per heavy atom. The first-order valence-corrected chi connectivity index (χ1v) is 29.6. The fourth-order valence-electron chi connectivity index (χ4n) is 11.3. The molecule has 10 rings (SSSR count). The number of likely N-dealkylation sites (N-methyl/N-ethyl adjacent to an activating group) is 2. The second-order valence-corrected chi connectivity index (χ2v) is 23.7. The number of amidine groups is 2. The van der Waals surface area contributed by atoms with Gasteiger partial charge in [0.2, 0.25) is 11.8 Å². The van der Waals surface area contributed by atoms with Gasteiger partial charge in [-0.05, 0) is 169 Å². The Morgan fingerprint density at radius 2 is 0.867 bits per heavy atom. The average Bonchev–Trinajstić information content (AvgIpc) is 1.62. The molecule has 0 saturated heterocycles. The number of nitrogens with one attached hydrogen (secondary N) is 8. The van der Waals surface area contributed by atoms with Gasteiger partial charge in [-0.2, -0.15) is 0 Å². The summed E-state index contributed by atoms with van der Waals surface area (Å²) in [5.74, 6) is 0.179. The summed E-state index contributed by atoms with van der Waals surface area (Å²) >= 11 is 0. The van der Waals surface area contributed by atoms with Crippen LogP contribution in [0.5, 0.6) is 0 Å². The summed E-state index contributed by atoms with van der Waals surface area (Å²) in [7, 11) is 7.99. The van der Waals surface area contributed by atoms with Crippen molar-refractivity contribution in [1.29, 1.82) is 0 Å². The zero-order valence-electron chi connectivity index (χ0n) is 52.1. The number of amides is 8. The van der Waals surface area contributed by atoms with Gasteiger partial charge in [-0.1, -0.05) is 92.0 Å². The van der Waals surface area contributed by atoms with Crippen LogP contribution in [0.25, 0.3) is 0 Å². The van der Waals surface area contributed by atoms with Gasteiger partial charge in [0.25, 0.3) is 11.8 Å². The van der Waals surface area contributed by atoms with E-state index in [1.165, 1.54) is 12.2 Å². The van der Waals surface area contributed by atoms with Gasteiger partial charge in [-0.3, -0.25) is 29.2 Å². The van der Waals surface area contributed by atoms with E-state index in [-0.39, 0.29) is 47.8 Å². The molecule has 6 aromatic carbocycles. The van der Waals surface area contributed by atoms with Gasteiger partial charge in [-0.15, -0.1) is 0 Å². The molecule has 6 aromatic rings. The largest absolute Gasteiger partial charge is 0.340 e. The van der Waals surface area contributed by atoms with Gasteiger partial charge >= 0.3 is 12.1 Å². The molecular formula is C70H78N14O6. The molecule has 0 fully saturated rings. The quantitative estimate of drug-likeness (QED) is 0.0379. The average molecular weight is 1210 g/mol. The predicted molar refractivity (Wildman–Crippen MR) is 359 cm³/mol. The van der Waals surface area contributed by atoms with Crippen molar-refractivity contribution in [3.05, 3.63) is 228 Å². The Balaban J connectivity index is 0.000000213. The van der Waals surface area contributed by atoms with Gasteiger partial charge in [0.05, 0.1) is 49.3 Å². The van der Waals surface area contributed by atoms with Crippen LogP contribution in [0.3, 0.4) is 0 Å². The molecule has 90 heavy (non-hydrogen) atoms. The van der Waals surface area contributed by atoms with Crippen LogP contribution in [-0.2, 0) is 9.59 Å². The molecule has 8 amide bonds. The minimum atomic E-state index is -0.513. The minimum absolute atomic E-state index is 0.120. The van der Waals surface area contributed by atoms with E-state index in [0.717, 1.165) is 56.5 Å². The highest BCUT2D eigenvalue weighted by molar-refractivity contribution is 6.13. The van der Waals surface area contributed by atoms with Gasteiger partial charge in [0.15, 0.2) is 0 Å². The van der Waals surface area contributed by atoms with Crippen molar-refractivity contribution in [3.63, 3.8) is 0 Å². The normalized spacial score (nSPS) is 15.7. The number of nitrogens with zero attached hydrogens (tertiary/aromatic N) is 6. The number of rotatable bonds is 18. The number of anilines is 6. The molecule has 20 heteroatoms. The zero-order chi connectivity index (χ0) is 64.3. The fraction of sp³-hybridized carbons (Fsp3) is 0.257. The number of urea groups is 2. The van der Waals surface area contributed by atoms with Crippen LogP contribution in [0.15, 0.2) is 215 Å². The first kappa shape index (κ1) is 64.0. The molecule has 8 N–H and O–H groups in total. The maximum Gasteiger partial charge on any atom is 0.318 e. The van der Waals surface area contributed by atoms with E-state index >= 15 is 0 Å². The number of benzene rings is 6. The Morgan fingerprint density at radius 1 is 0.478 bits per heavy atom. The lowest BCUT2D eigenvalue weighted by atomic mass is 9.94. The van der Waals surface area contributed by atoms with Gasteiger partial charge in [-0.25, -0.2) is 9.59 Å². The van der Waals surface area contributed by atoms with Crippen LogP contribution in [0.1, 0.15) is 71.6 Å². The second-order valence-electron chi connectivity index (χ2n) is 23.7. The highest BCUT2D eigenvalue weighted by Gasteiger charge is 2.47. The summed E-state index contributed by atoms with van der Waals surface area (Å²) in [6.45, 7) is 18.4. The van der Waals surface area contributed by atoms with Crippen LogP contribution in [0, 0.1) is 0 Å². The SMILES string of the molecule is C=CC(=O)Nc1ccc(C(=O)Nc2cccc(NC3=NCC4=C3CN(C(=O)N[C@H](CN(C)C)c3ccccc3)C4(C)C)c2)cc1.C=CC(=O)Nc1cccc(C(=O)Nc2cccc(NC3=NCC4=C3CN(C(=O)N[C@H](CN(C)C)c3ccccc3)C4(C)C)c2)c1. The maximum absolute atomic E-state index is 13.7. The van der Waals surface area contributed by atoms with E-state index < -0.39 is 11.1 Å². The van der Waals surface area contributed by atoms with Crippen molar-refractivity contribution in [2.45, 2.75) is 50.9 Å². The second kappa shape index (κ2) is 28.2. The minimum Gasteiger partial charge on any atom is -0.340 e. The lowest BCUT2D eigenvalue weighted by Gasteiger charge is -2.36. The summed E-state index contributed by atoms with van der Waals surface area (Å²) in [6, 6.07) is 47.6. The monoisotopic (exact) mass is 1210 g/mol. The van der Waals surface area contributed by atoms with Crippen molar-refractivity contribution >= 4 is 81.5 Å². The molecule has 0 radical (unpaired) electrons. The van der Waals surface area contributed by atoms with Crippen LogP contribution in [0.2, 0.25) is 0 Å². The van der Waals surface area contributed by atoms with Crippen molar-refractivity contribution in [2.24, 2.45) is 9.98 Å². The van der Waals surface area contributed by atoms with E-state index in [9.17, 15) is 28.8 Å². The lowest BCUT2D eigenvalue weighted by Crippen LogP contribution is -2.52. The molecule has 4 heterocycles. The van der Waals surface area contributed by atoms with E-state index in [1.807, 2.05) is 141 Å². The summed E-state index contributed by atoms with van der Waals surface area (Å²) in [6.07, 6.45) is 2.36. The molecule has 0 aromatic heterocycles. The van der Waals surface area contributed by atoms with Gasteiger partial charge < -0.3 is 62.1 Å². The molecule has 20 nitrogen and oxygen atoms in total. The van der Waals surface area contributed by atoms with Crippen LogP contribution >= 0.6 is 0 Å². The number of aliphatic imine (C=N–C) groups is 2. The summed E-state index contributed by atoms with van der Waals surface area (Å²) < 4.78 is 0. The fourth-order valence-corrected chi connectivity index (χ4v) is 11.3. The maximum atomic E-state index is 13.7. The topological polar surface area (TPSA) is 236 Å². The standard InChI is InChI=1S/2C35H39N7O3/c1-6-31(43)37-25-15-10-14-24(18-25)33(44)39-27-17-11-16-26(19-27)38-32-28-21-42(35(2,3)29(28)20-36-32)34(45)40-30(22-41(4)5)23-12-8-7-9-13-23;1-6-31(43)37-25-17-15-24(16-18-25)33(44)39-27-14-10-13-26(19-27)38-32-28-21-42(35(2,3)29(28)20-36-32)34(45)40-30(22-41(4)5)23-11-8-7-9-12-23/h2*6-19,30H,1,20-22H2,2-5H3,(H,36,38)(H,37,43)(H,39,44)(H,40,45)/t2*30-/m11/s1. The summed E-state index contributed by atoms with van der Waals surface area (Å²) in [4.78, 5) is 93.9. The lowest BCUT2D eigenvalue weighted by molar-refractivity contribution is -0.112. The van der Waals surface area contributed by atoms with E-state index in [2.05, 4.69) is 93.2 Å². The zero-order valence-corrected chi connectivity index (χ0v) is 52.1. The van der Waals surface area contributed by atoms with Crippen molar-refractivity contribution in [3.8, 4) is 0 Å².